The molecule has 0 aromatic heterocycles. The minimum atomic E-state index is 0.198. The van der Waals surface area contributed by atoms with Gasteiger partial charge in [0.05, 0.1) is 16.8 Å². The molecule has 0 saturated carbocycles. The number of hydrogen-bond donors (Lipinski definition) is 1. The van der Waals surface area contributed by atoms with Gasteiger partial charge in [-0.1, -0.05) is 60.1 Å². The van der Waals surface area contributed by atoms with Crippen LogP contribution in [0.3, 0.4) is 0 Å². The van der Waals surface area contributed by atoms with Crippen LogP contribution < -0.4 is 5.32 Å². The van der Waals surface area contributed by atoms with Gasteiger partial charge in [0.1, 0.15) is 0 Å². The van der Waals surface area contributed by atoms with Gasteiger partial charge >= 0.3 is 0 Å². The van der Waals surface area contributed by atoms with Crippen molar-refractivity contribution in [3.8, 4) is 0 Å². The average molecular weight is 258 g/mol. The molecule has 1 nitrogen and oxygen atoms in total. The fourth-order valence-electron chi connectivity index (χ4n) is 1.90. The molecule has 0 saturated heterocycles. The lowest BCUT2D eigenvalue weighted by atomic mass is 10.0. The molecule has 0 spiro atoms. The second-order valence-electron chi connectivity index (χ2n) is 4.11. The smallest absolute Gasteiger partial charge is 0.0637 e. The summed E-state index contributed by atoms with van der Waals surface area (Å²) in [5.41, 5.74) is 2.19. The summed E-state index contributed by atoms with van der Waals surface area (Å²) in [6.07, 6.45) is 2.77. The van der Waals surface area contributed by atoms with Gasteiger partial charge in [0.15, 0.2) is 0 Å². The second-order valence-corrected chi connectivity index (χ2v) is 4.52. The highest BCUT2D eigenvalue weighted by atomic mass is 35.5. The Morgan fingerprint density at radius 1 is 1.06 bits per heavy atom. The molecule has 0 aliphatic carbocycles. The summed E-state index contributed by atoms with van der Waals surface area (Å²) in [4.78, 5) is 0. The lowest BCUT2D eigenvalue weighted by Crippen LogP contribution is -2.10. The molecule has 0 bridgehead atoms. The minimum Gasteiger partial charge on any atom is -0.377 e. The van der Waals surface area contributed by atoms with Crippen LogP contribution in [0.4, 0.5) is 5.69 Å². The fourth-order valence-corrected chi connectivity index (χ4v) is 2.09. The van der Waals surface area contributed by atoms with Crippen LogP contribution in [-0.2, 0) is 0 Å². The molecule has 1 atom stereocenters. The summed E-state index contributed by atoms with van der Waals surface area (Å²) >= 11 is 6.17. The van der Waals surface area contributed by atoms with Crippen LogP contribution in [0.1, 0.15) is 18.0 Å². The van der Waals surface area contributed by atoms with Crippen molar-refractivity contribution in [1.82, 2.24) is 0 Å². The maximum atomic E-state index is 6.17. The largest absolute Gasteiger partial charge is 0.377 e. The van der Waals surface area contributed by atoms with E-state index in [0.717, 1.165) is 17.1 Å². The van der Waals surface area contributed by atoms with E-state index in [1.165, 1.54) is 5.56 Å². The number of nitrogens with one attached hydrogen (secondary N) is 1. The molecule has 92 valence electrons. The van der Waals surface area contributed by atoms with Crippen LogP contribution in [-0.4, -0.2) is 0 Å². The van der Waals surface area contributed by atoms with E-state index >= 15 is 0 Å². The zero-order valence-corrected chi connectivity index (χ0v) is 10.9. The molecule has 0 aliphatic rings. The molecule has 0 radical (unpaired) electrons. The first-order chi connectivity index (χ1) is 8.81. The van der Waals surface area contributed by atoms with Crippen molar-refractivity contribution < 1.29 is 0 Å². The Morgan fingerprint density at radius 2 is 1.72 bits per heavy atom. The molecular weight excluding hydrogens is 242 g/mol. The van der Waals surface area contributed by atoms with Gasteiger partial charge in [-0.3, -0.25) is 0 Å². The van der Waals surface area contributed by atoms with Crippen LogP contribution in [0.15, 0.2) is 67.3 Å². The van der Waals surface area contributed by atoms with Crippen molar-refractivity contribution in [3.63, 3.8) is 0 Å². The first-order valence-electron chi connectivity index (χ1n) is 5.98. The van der Waals surface area contributed by atoms with Crippen molar-refractivity contribution in [3.05, 3.63) is 77.8 Å². The summed E-state index contributed by atoms with van der Waals surface area (Å²) < 4.78 is 0. The molecule has 0 fully saturated rings. The quantitative estimate of drug-likeness (QED) is 0.738. The van der Waals surface area contributed by atoms with E-state index in [1.54, 1.807) is 0 Å². The molecule has 2 rings (SSSR count). The van der Waals surface area contributed by atoms with Crippen molar-refractivity contribution in [2.45, 2.75) is 12.5 Å². The number of benzene rings is 2. The maximum Gasteiger partial charge on any atom is 0.0637 e. The topological polar surface area (TPSA) is 12.0 Å². The Morgan fingerprint density at radius 3 is 2.39 bits per heavy atom. The van der Waals surface area contributed by atoms with Gasteiger partial charge in [-0.2, -0.15) is 0 Å². The Bertz CT molecular complexity index is 508. The predicted molar refractivity (Wildman–Crippen MR) is 79.1 cm³/mol. The van der Waals surface area contributed by atoms with Crippen molar-refractivity contribution >= 4 is 17.3 Å². The lowest BCUT2D eigenvalue weighted by molar-refractivity contribution is 0.799. The minimum absolute atomic E-state index is 0.198. The van der Waals surface area contributed by atoms with Gasteiger partial charge in [0, 0.05) is 0 Å². The van der Waals surface area contributed by atoms with Crippen LogP contribution in [0.2, 0.25) is 5.02 Å². The van der Waals surface area contributed by atoms with Gasteiger partial charge in [-0.25, -0.2) is 0 Å². The summed E-state index contributed by atoms with van der Waals surface area (Å²) in [5, 5.41) is 4.20. The van der Waals surface area contributed by atoms with E-state index < -0.39 is 0 Å². The third-order valence-electron chi connectivity index (χ3n) is 2.81. The van der Waals surface area contributed by atoms with Gasteiger partial charge < -0.3 is 5.32 Å². The second kappa shape index (κ2) is 6.27. The van der Waals surface area contributed by atoms with Crippen molar-refractivity contribution in [1.29, 1.82) is 0 Å². The summed E-state index contributed by atoms with van der Waals surface area (Å²) in [5.74, 6) is 0. The monoisotopic (exact) mass is 257 g/mol. The van der Waals surface area contributed by atoms with E-state index in [1.807, 2.05) is 48.5 Å². The first kappa shape index (κ1) is 12.7. The van der Waals surface area contributed by atoms with Gasteiger partial charge in [-0.05, 0) is 24.1 Å². The summed E-state index contributed by atoms with van der Waals surface area (Å²) in [6.45, 7) is 3.82. The number of rotatable bonds is 5. The molecule has 0 amide bonds. The van der Waals surface area contributed by atoms with Crippen LogP contribution in [0.25, 0.3) is 0 Å². The molecule has 1 N–H and O–H groups in total. The number of para-hydroxylation sites is 1. The van der Waals surface area contributed by atoms with Crippen molar-refractivity contribution in [2.75, 3.05) is 5.32 Å². The highest BCUT2D eigenvalue weighted by molar-refractivity contribution is 6.33. The zero-order valence-electron chi connectivity index (χ0n) is 10.1. The van der Waals surface area contributed by atoms with Crippen LogP contribution >= 0.6 is 11.6 Å². The number of hydrogen-bond acceptors (Lipinski definition) is 1. The summed E-state index contributed by atoms with van der Waals surface area (Å²) in [7, 11) is 0. The Kier molecular flexibility index (Phi) is 4.43. The SMILES string of the molecule is C=CCC(Nc1ccccc1Cl)c1ccccc1. The molecule has 2 aromatic carbocycles. The third kappa shape index (κ3) is 3.14. The Labute approximate surface area is 113 Å². The molecule has 1 unspecified atom stereocenters. The Hall–Kier alpha value is -1.73. The highest BCUT2D eigenvalue weighted by Crippen LogP contribution is 2.27. The summed E-state index contributed by atoms with van der Waals surface area (Å²) in [6, 6.07) is 18.3. The average Bonchev–Trinajstić information content (AvgIpc) is 2.42. The standard InChI is InChI=1S/C16H16ClN/c1-2-8-15(13-9-4-3-5-10-13)18-16-12-7-6-11-14(16)17/h2-7,9-12,15,18H,1,8H2. The van der Waals surface area contributed by atoms with Gasteiger partial charge in [0.25, 0.3) is 0 Å². The number of halogens is 1. The molecule has 0 aliphatic heterocycles. The molecule has 2 aromatic rings. The van der Waals surface area contributed by atoms with E-state index in [4.69, 9.17) is 11.6 Å². The van der Waals surface area contributed by atoms with Crippen molar-refractivity contribution in [2.24, 2.45) is 0 Å². The lowest BCUT2D eigenvalue weighted by Gasteiger charge is -2.19. The molecule has 2 heteroatoms. The fraction of sp³-hybridized carbons (Fsp3) is 0.125. The maximum absolute atomic E-state index is 6.17. The van der Waals surface area contributed by atoms with Crippen LogP contribution in [0, 0.1) is 0 Å². The highest BCUT2D eigenvalue weighted by Gasteiger charge is 2.10. The first-order valence-corrected chi connectivity index (χ1v) is 6.36. The zero-order chi connectivity index (χ0) is 12.8. The number of anilines is 1. The Balaban J connectivity index is 2.22. The molecule has 18 heavy (non-hydrogen) atoms. The van der Waals surface area contributed by atoms with E-state index in [2.05, 4.69) is 24.0 Å². The van der Waals surface area contributed by atoms with E-state index in [-0.39, 0.29) is 6.04 Å². The molecular formula is C16H16ClN. The normalized spacial score (nSPS) is 11.8. The van der Waals surface area contributed by atoms with Crippen LogP contribution in [0.5, 0.6) is 0 Å². The third-order valence-corrected chi connectivity index (χ3v) is 3.14. The molecule has 0 heterocycles. The van der Waals surface area contributed by atoms with E-state index in [9.17, 15) is 0 Å². The van der Waals surface area contributed by atoms with Gasteiger partial charge in [-0.15, -0.1) is 6.58 Å². The predicted octanol–water partition coefficient (Wildman–Crippen LogP) is 5.07. The van der Waals surface area contributed by atoms with Gasteiger partial charge in [0.2, 0.25) is 0 Å². The van der Waals surface area contributed by atoms with E-state index in [0.29, 0.717) is 0 Å².